The summed E-state index contributed by atoms with van der Waals surface area (Å²) in [6.07, 6.45) is -4.65. The molecule has 0 bridgehead atoms. The third kappa shape index (κ3) is 4.94. The lowest BCUT2D eigenvalue weighted by Gasteiger charge is -2.44. The zero-order valence-corrected chi connectivity index (χ0v) is 20.0. The summed E-state index contributed by atoms with van der Waals surface area (Å²) in [5.41, 5.74) is -1.27. The highest BCUT2D eigenvalue weighted by molar-refractivity contribution is 6.30. The van der Waals surface area contributed by atoms with E-state index in [-0.39, 0.29) is 53.1 Å². The van der Waals surface area contributed by atoms with Gasteiger partial charge in [0.2, 0.25) is 0 Å². The number of fused-ring (bicyclic) bond motifs is 1. The van der Waals surface area contributed by atoms with Gasteiger partial charge < -0.3 is 14.6 Å². The van der Waals surface area contributed by atoms with Crippen LogP contribution in [-0.4, -0.2) is 44.5 Å². The van der Waals surface area contributed by atoms with Crippen LogP contribution in [0.4, 0.5) is 18.9 Å². The number of nitriles is 1. The fourth-order valence-electron chi connectivity index (χ4n) is 4.64. The Morgan fingerprint density at radius 3 is 2.49 bits per heavy atom. The molecule has 1 saturated heterocycles. The van der Waals surface area contributed by atoms with Crippen LogP contribution in [0.5, 0.6) is 0 Å². The van der Waals surface area contributed by atoms with Crippen molar-refractivity contribution in [1.82, 2.24) is 14.5 Å². The molecule has 0 radical (unpaired) electrons. The van der Waals surface area contributed by atoms with Crippen molar-refractivity contribution in [2.45, 2.75) is 37.0 Å². The number of nitrogens with zero attached hydrogens (tertiary/aromatic N) is 5. The van der Waals surface area contributed by atoms with Crippen LogP contribution in [0.1, 0.15) is 36.4 Å². The Kier molecular flexibility index (Phi) is 6.70. The van der Waals surface area contributed by atoms with E-state index in [9.17, 15) is 28.3 Å². The molecule has 1 N–H and O–H groups in total. The van der Waals surface area contributed by atoms with E-state index in [2.05, 4.69) is 9.97 Å². The minimum absolute atomic E-state index is 0.0554. The molecule has 3 aromatic heterocycles. The zero-order valence-electron chi connectivity index (χ0n) is 18.5. The summed E-state index contributed by atoms with van der Waals surface area (Å²) in [5.74, 6) is -1.31. The maximum absolute atomic E-state index is 13.5. The Morgan fingerprint density at radius 2 is 1.91 bits per heavy atom. The molecular formula is C23H20Cl2F3N5O2. The maximum Gasteiger partial charge on any atom is 0.389 e. The van der Waals surface area contributed by atoms with E-state index in [1.165, 1.54) is 36.0 Å². The number of hydrogen-bond acceptors (Lipinski definition) is 6. The molecular weight excluding hydrogens is 506 g/mol. The van der Waals surface area contributed by atoms with Gasteiger partial charge in [0.1, 0.15) is 22.3 Å². The van der Waals surface area contributed by atoms with Crippen molar-refractivity contribution in [2.75, 3.05) is 18.0 Å². The highest BCUT2D eigenvalue weighted by atomic mass is 35.5. The number of aryl methyl sites for hydroxylation is 1. The smallest absolute Gasteiger partial charge is 0.389 e. The average Bonchev–Trinajstić information content (AvgIpc) is 2.80. The molecule has 4 heterocycles. The van der Waals surface area contributed by atoms with Crippen LogP contribution >= 0.6 is 23.2 Å². The van der Waals surface area contributed by atoms with E-state index in [1.807, 2.05) is 6.07 Å². The monoisotopic (exact) mass is 525 g/mol. The largest absolute Gasteiger partial charge is 0.389 e. The van der Waals surface area contributed by atoms with Gasteiger partial charge in [-0.1, -0.05) is 23.2 Å². The van der Waals surface area contributed by atoms with E-state index in [0.29, 0.717) is 11.0 Å². The Morgan fingerprint density at radius 1 is 1.23 bits per heavy atom. The van der Waals surface area contributed by atoms with E-state index in [1.54, 1.807) is 11.0 Å². The number of anilines is 1. The summed E-state index contributed by atoms with van der Waals surface area (Å²) in [6.45, 7) is 0.174. The van der Waals surface area contributed by atoms with E-state index < -0.39 is 29.7 Å². The normalized spacial score (nSPS) is 16.8. The third-order valence-electron chi connectivity index (χ3n) is 6.43. The first-order chi connectivity index (χ1) is 16.4. The molecule has 12 heteroatoms. The number of alkyl halides is 3. The van der Waals surface area contributed by atoms with Crippen LogP contribution in [0.25, 0.3) is 11.0 Å². The summed E-state index contributed by atoms with van der Waals surface area (Å²) in [7, 11) is 1.51. The summed E-state index contributed by atoms with van der Waals surface area (Å²) in [6, 6.07) is 7.89. The summed E-state index contributed by atoms with van der Waals surface area (Å²) in [4.78, 5) is 22.9. The second-order valence-electron chi connectivity index (χ2n) is 8.57. The number of aliphatic hydroxyl groups is 1. The van der Waals surface area contributed by atoms with E-state index >= 15 is 0 Å². The first-order valence-corrected chi connectivity index (χ1v) is 11.4. The van der Waals surface area contributed by atoms with Crippen LogP contribution < -0.4 is 10.5 Å². The van der Waals surface area contributed by atoms with Crippen LogP contribution in [0, 0.1) is 11.3 Å². The van der Waals surface area contributed by atoms with Crippen molar-refractivity contribution < 1.29 is 18.3 Å². The highest BCUT2D eigenvalue weighted by Crippen LogP contribution is 2.44. The quantitative estimate of drug-likeness (QED) is 0.501. The van der Waals surface area contributed by atoms with Crippen molar-refractivity contribution >= 4 is 39.9 Å². The summed E-state index contributed by atoms with van der Waals surface area (Å²) < 4.78 is 41.7. The molecule has 35 heavy (non-hydrogen) atoms. The average molecular weight is 526 g/mol. The minimum Gasteiger partial charge on any atom is -0.389 e. The topological polar surface area (TPSA) is 95.0 Å². The molecule has 7 nitrogen and oxygen atoms in total. The van der Waals surface area contributed by atoms with Crippen LogP contribution in [0.3, 0.4) is 0 Å². The molecule has 1 atom stereocenters. The van der Waals surface area contributed by atoms with Gasteiger partial charge in [-0.05, 0) is 37.1 Å². The van der Waals surface area contributed by atoms with Gasteiger partial charge in [0.15, 0.2) is 0 Å². The van der Waals surface area contributed by atoms with E-state index in [0.717, 1.165) is 0 Å². The minimum atomic E-state index is -4.53. The highest BCUT2D eigenvalue weighted by Gasteiger charge is 2.47. The van der Waals surface area contributed by atoms with Gasteiger partial charge in [-0.2, -0.15) is 18.4 Å². The number of halogens is 5. The lowest BCUT2D eigenvalue weighted by molar-refractivity contribution is -0.156. The Hall–Kier alpha value is -2.87. The molecule has 0 unspecified atom stereocenters. The summed E-state index contributed by atoms with van der Waals surface area (Å²) in [5, 5.41) is 21.6. The van der Waals surface area contributed by atoms with Crippen LogP contribution in [0.15, 0.2) is 35.3 Å². The number of rotatable bonds is 4. The molecule has 184 valence electrons. The maximum atomic E-state index is 13.5. The van der Waals surface area contributed by atoms with Crippen LogP contribution in [-0.2, 0) is 7.05 Å². The van der Waals surface area contributed by atoms with Gasteiger partial charge in [-0.15, -0.1) is 0 Å². The molecule has 0 spiro atoms. The van der Waals surface area contributed by atoms with Gasteiger partial charge in [-0.25, -0.2) is 4.98 Å². The van der Waals surface area contributed by atoms with Gasteiger partial charge in [0.05, 0.1) is 28.2 Å². The van der Waals surface area contributed by atoms with Gasteiger partial charge >= 0.3 is 6.18 Å². The molecule has 1 aliphatic rings. The molecule has 4 rings (SSSR count). The van der Waals surface area contributed by atoms with Crippen molar-refractivity contribution in [3.63, 3.8) is 0 Å². The molecule has 0 aromatic carbocycles. The first kappa shape index (κ1) is 25.2. The predicted octanol–water partition coefficient (Wildman–Crippen LogP) is 4.57. The first-order valence-electron chi connectivity index (χ1n) is 10.7. The second-order valence-corrected chi connectivity index (χ2v) is 9.39. The Bertz CT molecular complexity index is 1360. The van der Waals surface area contributed by atoms with E-state index in [4.69, 9.17) is 23.2 Å². The number of aromatic nitrogens is 3. The standard InChI is InChI=1S/C23H20Cl2F3N5O2/c1-32-17-4-5-18(25)31-19(17)20(14(11-29)21(32)34)33-8-6-22(35,7-9-33)15(10-23(26,27)28)16-3-2-13(24)12-30-16/h2-5,12,15,35H,6-10H2,1H3/t15-/m0/s1. The molecule has 1 fully saturated rings. The zero-order chi connectivity index (χ0) is 25.5. The molecule has 0 saturated carbocycles. The van der Waals surface area contributed by atoms with Crippen molar-refractivity contribution in [1.29, 1.82) is 5.26 Å². The Balaban J connectivity index is 1.72. The predicted molar refractivity (Wildman–Crippen MR) is 126 cm³/mol. The van der Waals surface area contributed by atoms with Crippen LogP contribution in [0.2, 0.25) is 10.2 Å². The van der Waals surface area contributed by atoms with Crippen molar-refractivity contribution in [3.8, 4) is 6.07 Å². The SMILES string of the molecule is Cn1c(=O)c(C#N)c(N2CCC(O)([C@@H](CC(F)(F)F)c3ccc(Cl)cn3)CC2)c2nc(Cl)ccc21. The van der Waals surface area contributed by atoms with Gasteiger partial charge in [-0.3, -0.25) is 9.78 Å². The van der Waals surface area contributed by atoms with Gasteiger partial charge in [0.25, 0.3) is 5.56 Å². The fourth-order valence-corrected chi connectivity index (χ4v) is 4.90. The Labute approximate surface area is 208 Å². The molecule has 0 amide bonds. The molecule has 0 aliphatic carbocycles. The number of pyridine rings is 3. The van der Waals surface area contributed by atoms with Gasteiger partial charge in [0, 0.05) is 37.9 Å². The second kappa shape index (κ2) is 9.30. The molecule has 3 aromatic rings. The number of piperidine rings is 1. The molecule has 1 aliphatic heterocycles. The lowest BCUT2D eigenvalue weighted by Crippen LogP contribution is -2.49. The summed E-state index contributed by atoms with van der Waals surface area (Å²) >= 11 is 11.9. The fraction of sp³-hybridized carbons (Fsp3) is 0.391. The van der Waals surface area contributed by atoms with Crippen molar-refractivity contribution in [3.05, 3.63) is 62.2 Å². The number of hydrogen-bond donors (Lipinski definition) is 1. The lowest BCUT2D eigenvalue weighted by atomic mass is 9.75. The van der Waals surface area contributed by atoms with Crippen molar-refractivity contribution in [2.24, 2.45) is 7.05 Å². The third-order valence-corrected chi connectivity index (χ3v) is 6.86.